The molecule has 0 atom stereocenters. The van der Waals surface area contributed by atoms with E-state index < -0.39 is 11.8 Å². The predicted molar refractivity (Wildman–Crippen MR) is 119 cm³/mol. The van der Waals surface area contributed by atoms with E-state index in [1.807, 2.05) is 25.1 Å². The van der Waals surface area contributed by atoms with Crippen LogP contribution in [0.3, 0.4) is 0 Å². The third-order valence-corrected chi connectivity index (χ3v) is 5.41. The third kappa shape index (κ3) is 3.35. The zero-order valence-corrected chi connectivity index (χ0v) is 18.0. The first-order valence-corrected chi connectivity index (χ1v) is 10.1. The number of benzene rings is 3. The standard InChI is InChI=1S/C22H17IN2O4/c1-3-29-18-11-13(10-17(23)20(18)28-2)12-24-25-21(26)15-8-4-6-14-7-5-9-16(19(14)15)22(25)27/h4-12H,3H2,1-2H3. The summed E-state index contributed by atoms with van der Waals surface area (Å²) in [4.78, 5) is 25.8. The van der Waals surface area contributed by atoms with Gasteiger partial charge in [-0.3, -0.25) is 9.59 Å². The fourth-order valence-corrected chi connectivity index (χ4v) is 4.22. The van der Waals surface area contributed by atoms with E-state index in [1.54, 1.807) is 37.4 Å². The molecule has 0 saturated heterocycles. The lowest BCUT2D eigenvalue weighted by Gasteiger charge is -2.23. The van der Waals surface area contributed by atoms with Crippen molar-refractivity contribution in [2.24, 2.45) is 5.10 Å². The fourth-order valence-electron chi connectivity index (χ4n) is 3.37. The van der Waals surface area contributed by atoms with E-state index in [1.165, 1.54) is 6.21 Å². The fraction of sp³-hybridized carbons (Fsp3) is 0.136. The van der Waals surface area contributed by atoms with Crippen molar-refractivity contribution in [1.82, 2.24) is 5.01 Å². The van der Waals surface area contributed by atoms with E-state index >= 15 is 0 Å². The molecule has 0 saturated carbocycles. The van der Waals surface area contributed by atoms with Crippen molar-refractivity contribution in [3.05, 3.63) is 68.8 Å². The Labute approximate surface area is 181 Å². The number of rotatable bonds is 5. The Balaban J connectivity index is 1.73. The molecule has 0 unspecified atom stereocenters. The smallest absolute Gasteiger partial charge is 0.282 e. The van der Waals surface area contributed by atoms with E-state index in [0.29, 0.717) is 40.2 Å². The second kappa shape index (κ2) is 7.82. The van der Waals surface area contributed by atoms with Gasteiger partial charge in [-0.25, -0.2) is 0 Å². The lowest BCUT2D eigenvalue weighted by molar-refractivity contribution is 0.0616. The second-order valence-corrected chi connectivity index (χ2v) is 7.51. The number of hydrazone groups is 1. The molecule has 0 aliphatic carbocycles. The molecule has 0 bridgehead atoms. The van der Waals surface area contributed by atoms with Gasteiger partial charge in [-0.2, -0.15) is 10.1 Å². The Bertz CT molecular complexity index is 1120. The average Bonchev–Trinajstić information content (AvgIpc) is 2.72. The van der Waals surface area contributed by atoms with Gasteiger partial charge in [0.15, 0.2) is 11.5 Å². The second-order valence-electron chi connectivity index (χ2n) is 6.34. The molecule has 3 aromatic rings. The molecule has 0 N–H and O–H groups in total. The minimum Gasteiger partial charge on any atom is -0.492 e. The van der Waals surface area contributed by atoms with Gasteiger partial charge in [-0.15, -0.1) is 0 Å². The van der Waals surface area contributed by atoms with Crippen molar-refractivity contribution in [2.75, 3.05) is 13.7 Å². The minimum atomic E-state index is -0.441. The Kier molecular flexibility index (Phi) is 5.23. The molecule has 0 fully saturated rings. The predicted octanol–water partition coefficient (Wildman–Crippen LogP) is 4.48. The molecule has 0 aromatic heterocycles. The monoisotopic (exact) mass is 500 g/mol. The average molecular weight is 500 g/mol. The van der Waals surface area contributed by atoms with Crippen LogP contribution in [0.25, 0.3) is 10.8 Å². The normalized spacial score (nSPS) is 13.4. The number of methoxy groups -OCH3 is 1. The molecule has 7 heteroatoms. The molecule has 1 aliphatic heterocycles. The topological polar surface area (TPSA) is 68.2 Å². The van der Waals surface area contributed by atoms with Gasteiger partial charge in [-0.05, 0) is 64.7 Å². The maximum atomic E-state index is 12.9. The van der Waals surface area contributed by atoms with Crippen molar-refractivity contribution in [3.8, 4) is 11.5 Å². The first kappa shape index (κ1) is 19.4. The van der Waals surface area contributed by atoms with Gasteiger partial charge in [-0.1, -0.05) is 24.3 Å². The van der Waals surface area contributed by atoms with E-state index in [9.17, 15) is 9.59 Å². The molecule has 29 heavy (non-hydrogen) atoms. The highest BCUT2D eigenvalue weighted by molar-refractivity contribution is 14.1. The van der Waals surface area contributed by atoms with Crippen molar-refractivity contribution in [1.29, 1.82) is 0 Å². The summed E-state index contributed by atoms with van der Waals surface area (Å²) in [7, 11) is 1.58. The van der Waals surface area contributed by atoms with Gasteiger partial charge in [0.2, 0.25) is 0 Å². The zero-order valence-electron chi connectivity index (χ0n) is 15.8. The summed E-state index contributed by atoms with van der Waals surface area (Å²) in [5, 5.41) is 6.65. The van der Waals surface area contributed by atoms with Crippen molar-refractivity contribution >= 4 is 51.4 Å². The summed E-state index contributed by atoms with van der Waals surface area (Å²) in [5.41, 5.74) is 1.62. The van der Waals surface area contributed by atoms with Crippen LogP contribution in [0.2, 0.25) is 0 Å². The zero-order chi connectivity index (χ0) is 20.5. The summed E-state index contributed by atoms with van der Waals surface area (Å²) in [5.74, 6) is 0.331. The highest BCUT2D eigenvalue weighted by atomic mass is 127. The van der Waals surface area contributed by atoms with Crippen LogP contribution < -0.4 is 9.47 Å². The van der Waals surface area contributed by atoms with Crippen LogP contribution >= 0.6 is 22.6 Å². The van der Waals surface area contributed by atoms with Gasteiger partial charge in [0.1, 0.15) is 0 Å². The van der Waals surface area contributed by atoms with Crippen molar-refractivity contribution in [3.63, 3.8) is 0 Å². The number of imide groups is 1. The van der Waals surface area contributed by atoms with Gasteiger partial charge in [0.05, 0.1) is 34.6 Å². The van der Waals surface area contributed by atoms with Crippen LogP contribution in [-0.4, -0.2) is 36.8 Å². The molecular formula is C22H17IN2O4. The highest BCUT2D eigenvalue weighted by Crippen LogP contribution is 2.34. The molecule has 0 radical (unpaired) electrons. The first-order chi connectivity index (χ1) is 14.0. The van der Waals surface area contributed by atoms with Crippen molar-refractivity contribution in [2.45, 2.75) is 6.92 Å². The number of carbonyl (C=O) groups is 2. The van der Waals surface area contributed by atoms with E-state index in [4.69, 9.17) is 9.47 Å². The van der Waals surface area contributed by atoms with Crippen molar-refractivity contribution < 1.29 is 19.1 Å². The summed E-state index contributed by atoms with van der Waals surface area (Å²) in [6.45, 7) is 2.37. The number of amides is 2. The maximum Gasteiger partial charge on any atom is 0.282 e. The SMILES string of the molecule is CCOc1cc(C=NN2C(=O)c3cccc4cccc(c34)C2=O)cc(I)c1OC. The lowest BCUT2D eigenvalue weighted by Crippen LogP contribution is -2.36. The van der Waals surface area contributed by atoms with Crippen LogP contribution in [0, 0.1) is 3.57 Å². The molecule has 6 nitrogen and oxygen atoms in total. The van der Waals surface area contributed by atoms with E-state index in [-0.39, 0.29) is 0 Å². The van der Waals surface area contributed by atoms with E-state index in [0.717, 1.165) is 14.0 Å². The lowest BCUT2D eigenvalue weighted by atomic mass is 9.95. The first-order valence-electron chi connectivity index (χ1n) is 9.00. The summed E-state index contributed by atoms with van der Waals surface area (Å²) in [6.07, 6.45) is 1.48. The van der Waals surface area contributed by atoms with Crippen LogP contribution in [0.15, 0.2) is 53.6 Å². The van der Waals surface area contributed by atoms with Crippen LogP contribution in [0.4, 0.5) is 0 Å². The summed E-state index contributed by atoms with van der Waals surface area (Å²) < 4.78 is 11.9. The number of hydrogen-bond acceptors (Lipinski definition) is 5. The highest BCUT2D eigenvalue weighted by Gasteiger charge is 2.32. The Morgan fingerprint density at radius 3 is 2.31 bits per heavy atom. The van der Waals surface area contributed by atoms with Crippen LogP contribution in [-0.2, 0) is 0 Å². The molecule has 146 valence electrons. The number of carbonyl (C=O) groups excluding carboxylic acids is 2. The quantitative estimate of drug-likeness (QED) is 0.295. The Morgan fingerprint density at radius 2 is 1.72 bits per heavy atom. The Hall–Kier alpha value is -2.94. The summed E-state index contributed by atoms with van der Waals surface area (Å²) in [6, 6.07) is 14.4. The molecular weight excluding hydrogens is 483 g/mol. The molecule has 1 aliphatic rings. The van der Waals surface area contributed by atoms with Gasteiger partial charge in [0, 0.05) is 5.39 Å². The molecule has 1 heterocycles. The van der Waals surface area contributed by atoms with Crippen LogP contribution in [0.1, 0.15) is 33.2 Å². The van der Waals surface area contributed by atoms with E-state index in [2.05, 4.69) is 27.7 Å². The molecule has 2 amide bonds. The minimum absolute atomic E-state index is 0.441. The number of halogens is 1. The molecule has 3 aromatic carbocycles. The van der Waals surface area contributed by atoms with Gasteiger partial charge in [0.25, 0.3) is 11.8 Å². The number of hydrogen-bond donors (Lipinski definition) is 0. The third-order valence-electron chi connectivity index (χ3n) is 4.61. The molecule has 0 spiro atoms. The van der Waals surface area contributed by atoms with Gasteiger partial charge < -0.3 is 9.47 Å². The largest absolute Gasteiger partial charge is 0.492 e. The van der Waals surface area contributed by atoms with Crippen LogP contribution in [0.5, 0.6) is 11.5 Å². The molecule has 4 rings (SSSR count). The number of nitrogens with zero attached hydrogens (tertiary/aromatic N) is 2. The Morgan fingerprint density at radius 1 is 1.07 bits per heavy atom. The number of ether oxygens (including phenoxy) is 2. The van der Waals surface area contributed by atoms with Gasteiger partial charge >= 0.3 is 0 Å². The summed E-state index contributed by atoms with van der Waals surface area (Å²) >= 11 is 2.14. The maximum absolute atomic E-state index is 12.9.